The molecular weight excluding hydrogens is 252 g/mol. The molecule has 2 aromatic heterocycles. The third-order valence-electron chi connectivity index (χ3n) is 1.92. The van der Waals surface area contributed by atoms with Crippen molar-refractivity contribution in [2.75, 3.05) is 12.0 Å². The number of nitrogens with two attached hydrogens (primary N) is 1. The van der Waals surface area contributed by atoms with Gasteiger partial charge in [0.05, 0.1) is 6.61 Å². The van der Waals surface area contributed by atoms with Gasteiger partial charge in [-0.05, 0) is 6.42 Å². The molecule has 0 atom stereocenters. The van der Waals surface area contributed by atoms with Crippen molar-refractivity contribution < 1.29 is 9.47 Å². The van der Waals surface area contributed by atoms with Gasteiger partial charge in [-0.15, -0.1) is 10.1 Å². The van der Waals surface area contributed by atoms with Crippen LogP contribution in [0.3, 0.4) is 0 Å². The Labute approximate surface area is 109 Å². The fourth-order valence-electron chi connectivity index (χ4n) is 1.15. The first-order valence-corrected chi connectivity index (χ1v) is 5.60. The number of nitrogens with zero attached hydrogens (tertiary/aromatic N) is 6. The standard InChI is InChI=1S/C9H14N8O2/c1-3-4-18-8-12-6(15-10)13-9(14-8)19-7-11-5-17(2)16-7/h5H,3-4,10H2,1-2H3,(H,12,13,14,15). The lowest BCUT2D eigenvalue weighted by Crippen LogP contribution is -2.13. The van der Waals surface area contributed by atoms with E-state index in [-0.39, 0.29) is 24.0 Å². The number of hydrogen-bond donors (Lipinski definition) is 2. The molecule has 0 aliphatic heterocycles. The first-order valence-electron chi connectivity index (χ1n) is 5.60. The Morgan fingerprint density at radius 1 is 1.26 bits per heavy atom. The van der Waals surface area contributed by atoms with Crippen LogP contribution in [-0.2, 0) is 7.05 Å². The maximum absolute atomic E-state index is 5.30. The maximum Gasteiger partial charge on any atom is 0.343 e. The normalized spacial score (nSPS) is 10.3. The van der Waals surface area contributed by atoms with Gasteiger partial charge in [0.2, 0.25) is 5.95 Å². The molecule has 0 unspecified atom stereocenters. The van der Waals surface area contributed by atoms with E-state index in [1.165, 1.54) is 11.0 Å². The van der Waals surface area contributed by atoms with E-state index in [4.69, 9.17) is 15.3 Å². The van der Waals surface area contributed by atoms with Gasteiger partial charge in [-0.1, -0.05) is 6.92 Å². The number of hydrazine groups is 1. The zero-order chi connectivity index (χ0) is 13.7. The van der Waals surface area contributed by atoms with Crippen molar-refractivity contribution in [2.45, 2.75) is 13.3 Å². The summed E-state index contributed by atoms with van der Waals surface area (Å²) in [7, 11) is 1.72. The molecule has 19 heavy (non-hydrogen) atoms. The highest BCUT2D eigenvalue weighted by Crippen LogP contribution is 2.16. The zero-order valence-corrected chi connectivity index (χ0v) is 10.6. The molecule has 0 spiro atoms. The highest BCUT2D eigenvalue weighted by atomic mass is 16.5. The van der Waals surface area contributed by atoms with Gasteiger partial charge in [-0.2, -0.15) is 15.0 Å². The Hall–Kier alpha value is -2.49. The largest absolute Gasteiger partial charge is 0.463 e. The fraction of sp³-hybridized carbons (Fsp3) is 0.444. The molecule has 0 aliphatic carbocycles. The third kappa shape index (κ3) is 3.48. The van der Waals surface area contributed by atoms with Crippen LogP contribution >= 0.6 is 0 Å². The number of anilines is 1. The van der Waals surface area contributed by atoms with Crippen LogP contribution in [0.4, 0.5) is 5.95 Å². The molecule has 2 rings (SSSR count). The summed E-state index contributed by atoms with van der Waals surface area (Å²) in [5.41, 5.74) is 2.31. The van der Waals surface area contributed by atoms with E-state index in [1.807, 2.05) is 6.92 Å². The number of aryl methyl sites for hydroxylation is 1. The summed E-state index contributed by atoms with van der Waals surface area (Å²) in [6, 6.07) is 0.245. The SMILES string of the molecule is CCCOc1nc(NN)nc(Oc2ncn(C)n2)n1. The molecule has 10 heteroatoms. The Balaban J connectivity index is 2.18. The minimum Gasteiger partial charge on any atom is -0.463 e. The van der Waals surface area contributed by atoms with E-state index in [0.717, 1.165) is 6.42 Å². The summed E-state index contributed by atoms with van der Waals surface area (Å²) >= 11 is 0. The molecule has 0 fully saturated rings. The van der Waals surface area contributed by atoms with Crippen LogP contribution in [0.2, 0.25) is 0 Å². The molecule has 0 saturated heterocycles. The van der Waals surface area contributed by atoms with Crippen LogP contribution in [0, 0.1) is 0 Å². The van der Waals surface area contributed by atoms with Crippen molar-refractivity contribution in [1.82, 2.24) is 29.7 Å². The third-order valence-corrected chi connectivity index (χ3v) is 1.92. The van der Waals surface area contributed by atoms with Crippen LogP contribution in [0.5, 0.6) is 18.0 Å². The Kier molecular flexibility index (Phi) is 4.03. The monoisotopic (exact) mass is 266 g/mol. The molecule has 0 amide bonds. The van der Waals surface area contributed by atoms with Crippen LogP contribution in [0.25, 0.3) is 0 Å². The van der Waals surface area contributed by atoms with Crippen molar-refractivity contribution in [1.29, 1.82) is 0 Å². The molecule has 0 bridgehead atoms. The van der Waals surface area contributed by atoms with E-state index < -0.39 is 0 Å². The van der Waals surface area contributed by atoms with Crippen molar-refractivity contribution >= 4 is 5.95 Å². The molecule has 2 heterocycles. The minimum absolute atomic E-state index is 0.000234. The van der Waals surface area contributed by atoms with Crippen molar-refractivity contribution in [3.63, 3.8) is 0 Å². The van der Waals surface area contributed by atoms with Gasteiger partial charge in [0, 0.05) is 7.05 Å². The Morgan fingerprint density at radius 3 is 2.68 bits per heavy atom. The van der Waals surface area contributed by atoms with Gasteiger partial charge < -0.3 is 9.47 Å². The summed E-state index contributed by atoms with van der Waals surface area (Å²) < 4.78 is 12.1. The van der Waals surface area contributed by atoms with Gasteiger partial charge in [-0.3, -0.25) is 10.1 Å². The minimum atomic E-state index is 0.000234. The summed E-state index contributed by atoms with van der Waals surface area (Å²) in [5.74, 6) is 5.40. The predicted octanol–water partition coefficient (Wildman–Crippen LogP) is -0.133. The molecule has 2 aromatic rings. The second-order valence-electron chi connectivity index (χ2n) is 3.52. The van der Waals surface area contributed by atoms with Gasteiger partial charge in [-0.25, -0.2) is 5.84 Å². The van der Waals surface area contributed by atoms with E-state index in [2.05, 4.69) is 30.5 Å². The first kappa shape index (κ1) is 13.0. The highest BCUT2D eigenvalue weighted by Gasteiger charge is 2.10. The maximum atomic E-state index is 5.30. The van der Waals surface area contributed by atoms with Crippen molar-refractivity contribution in [2.24, 2.45) is 12.9 Å². The van der Waals surface area contributed by atoms with Crippen LogP contribution in [0.15, 0.2) is 6.33 Å². The van der Waals surface area contributed by atoms with Crippen LogP contribution < -0.4 is 20.7 Å². The topological polar surface area (TPSA) is 126 Å². The number of ether oxygens (including phenoxy) is 2. The van der Waals surface area contributed by atoms with E-state index in [1.54, 1.807) is 7.05 Å². The van der Waals surface area contributed by atoms with Crippen LogP contribution in [0.1, 0.15) is 13.3 Å². The highest BCUT2D eigenvalue weighted by molar-refractivity contribution is 5.26. The average molecular weight is 266 g/mol. The molecule has 0 aromatic carbocycles. The second-order valence-corrected chi connectivity index (χ2v) is 3.52. The zero-order valence-electron chi connectivity index (χ0n) is 10.6. The van der Waals surface area contributed by atoms with Crippen LogP contribution in [-0.4, -0.2) is 36.3 Å². The first-order chi connectivity index (χ1) is 9.21. The number of nitrogen functional groups attached to an aromatic ring is 1. The molecular formula is C9H14N8O2. The summed E-state index contributed by atoms with van der Waals surface area (Å²) in [5, 5.41) is 3.94. The number of rotatable bonds is 6. The smallest absolute Gasteiger partial charge is 0.343 e. The van der Waals surface area contributed by atoms with E-state index >= 15 is 0 Å². The fourth-order valence-corrected chi connectivity index (χ4v) is 1.15. The van der Waals surface area contributed by atoms with E-state index in [0.29, 0.717) is 6.61 Å². The molecule has 0 saturated carbocycles. The average Bonchev–Trinajstić information content (AvgIpc) is 2.81. The number of nitrogens with one attached hydrogen (secondary N) is 1. The molecule has 102 valence electrons. The Morgan fingerprint density at radius 2 is 2.05 bits per heavy atom. The number of aromatic nitrogens is 6. The Bertz CT molecular complexity index is 543. The second kappa shape index (κ2) is 5.91. The van der Waals surface area contributed by atoms with Gasteiger partial charge in [0.25, 0.3) is 0 Å². The predicted molar refractivity (Wildman–Crippen MR) is 64.5 cm³/mol. The summed E-state index contributed by atoms with van der Waals surface area (Å²) in [6.45, 7) is 2.45. The molecule has 10 nitrogen and oxygen atoms in total. The van der Waals surface area contributed by atoms with E-state index in [9.17, 15) is 0 Å². The van der Waals surface area contributed by atoms with Crippen molar-refractivity contribution in [3.8, 4) is 18.0 Å². The summed E-state index contributed by atoms with van der Waals surface area (Å²) in [4.78, 5) is 15.7. The molecule has 0 radical (unpaired) electrons. The van der Waals surface area contributed by atoms with Crippen molar-refractivity contribution in [3.05, 3.63) is 6.33 Å². The molecule has 0 aliphatic rings. The number of hydrogen-bond acceptors (Lipinski definition) is 9. The van der Waals surface area contributed by atoms with Gasteiger partial charge in [0.1, 0.15) is 6.33 Å². The van der Waals surface area contributed by atoms with Gasteiger partial charge in [0.15, 0.2) is 0 Å². The quantitative estimate of drug-likeness (QED) is 0.542. The molecule has 3 N–H and O–H groups in total. The van der Waals surface area contributed by atoms with Gasteiger partial charge >= 0.3 is 18.0 Å². The lowest BCUT2D eigenvalue weighted by Gasteiger charge is -2.06. The lowest BCUT2D eigenvalue weighted by atomic mass is 10.5. The lowest BCUT2D eigenvalue weighted by molar-refractivity contribution is 0.284. The summed E-state index contributed by atoms with van der Waals surface area (Å²) in [6.07, 6.45) is 2.32.